The summed E-state index contributed by atoms with van der Waals surface area (Å²) < 4.78 is 42.3. The van der Waals surface area contributed by atoms with Crippen molar-refractivity contribution in [1.82, 2.24) is 18.4 Å². The van der Waals surface area contributed by atoms with E-state index in [1.165, 1.54) is 6.42 Å². The van der Waals surface area contributed by atoms with Gasteiger partial charge >= 0.3 is 0 Å². The number of furan rings is 1. The van der Waals surface area contributed by atoms with E-state index >= 15 is 0 Å². The largest absolute Gasteiger partial charge is 0.468 e. The van der Waals surface area contributed by atoms with Crippen molar-refractivity contribution in [1.29, 1.82) is 0 Å². The molecule has 0 spiro atoms. The molecular formula is C17H20N4O3S2. The van der Waals surface area contributed by atoms with Gasteiger partial charge in [0, 0.05) is 6.54 Å². The monoisotopic (exact) mass is 392 g/mol. The van der Waals surface area contributed by atoms with E-state index in [0.717, 1.165) is 43.4 Å². The summed E-state index contributed by atoms with van der Waals surface area (Å²) in [7, 11) is -3.70. The number of rotatable bonds is 6. The number of benzene rings is 1. The third kappa shape index (κ3) is 3.52. The molecule has 0 radical (unpaired) electrons. The van der Waals surface area contributed by atoms with Crippen LogP contribution in [0.1, 0.15) is 31.1 Å². The summed E-state index contributed by atoms with van der Waals surface area (Å²) in [6.45, 7) is 2.14. The summed E-state index contributed by atoms with van der Waals surface area (Å²) in [4.78, 5) is 2.45. The van der Waals surface area contributed by atoms with Crippen molar-refractivity contribution < 1.29 is 12.8 Å². The fourth-order valence-corrected chi connectivity index (χ4v) is 5.19. The molecule has 4 rings (SSSR count). The summed E-state index contributed by atoms with van der Waals surface area (Å²) in [6.07, 6.45) is 5.08. The lowest BCUT2D eigenvalue weighted by Gasteiger charge is -2.33. The Kier molecular flexibility index (Phi) is 5.03. The van der Waals surface area contributed by atoms with Gasteiger partial charge in [0.15, 0.2) is 0 Å². The predicted octanol–water partition coefficient (Wildman–Crippen LogP) is 2.79. The first kappa shape index (κ1) is 17.6. The van der Waals surface area contributed by atoms with Crippen molar-refractivity contribution in [2.24, 2.45) is 0 Å². The van der Waals surface area contributed by atoms with Crippen molar-refractivity contribution in [2.75, 3.05) is 19.6 Å². The first-order chi connectivity index (χ1) is 12.6. The number of hydrogen-bond acceptors (Lipinski definition) is 7. The molecule has 1 aliphatic heterocycles. The standard InChI is InChI=1S/C17H20N4O3S2/c22-26(23,16-8-4-6-13-17(16)20-25-19-13)18-12-14(15-7-5-11-24-15)21-9-2-1-3-10-21/h4-8,11,14,18H,1-3,9-10,12H2. The van der Waals surface area contributed by atoms with Gasteiger partial charge in [0.2, 0.25) is 10.0 Å². The number of piperidine rings is 1. The van der Waals surface area contributed by atoms with Crippen molar-refractivity contribution in [3.8, 4) is 0 Å². The van der Waals surface area contributed by atoms with Gasteiger partial charge in [0.25, 0.3) is 0 Å². The Bertz CT molecular complexity index is 963. The Morgan fingerprint density at radius 2 is 2.00 bits per heavy atom. The van der Waals surface area contributed by atoms with Crippen molar-refractivity contribution in [3.63, 3.8) is 0 Å². The lowest BCUT2D eigenvalue weighted by molar-refractivity contribution is 0.147. The van der Waals surface area contributed by atoms with Crippen LogP contribution in [0.2, 0.25) is 0 Å². The number of nitrogens with zero attached hydrogens (tertiary/aromatic N) is 3. The molecule has 0 aliphatic carbocycles. The molecule has 0 bridgehead atoms. The quantitative estimate of drug-likeness (QED) is 0.694. The third-order valence-corrected chi connectivity index (χ3v) is 6.71. The smallest absolute Gasteiger partial charge is 0.242 e. The molecule has 7 nitrogen and oxygen atoms in total. The van der Waals surface area contributed by atoms with E-state index in [4.69, 9.17) is 4.42 Å². The lowest BCUT2D eigenvalue weighted by Crippen LogP contribution is -2.40. The van der Waals surface area contributed by atoms with Crippen molar-refractivity contribution in [3.05, 3.63) is 42.4 Å². The molecule has 1 aliphatic rings. The van der Waals surface area contributed by atoms with Crippen LogP contribution >= 0.6 is 11.7 Å². The molecule has 1 fully saturated rings. The van der Waals surface area contributed by atoms with Gasteiger partial charge in [-0.05, 0) is 50.2 Å². The molecule has 1 saturated heterocycles. The second-order valence-corrected chi connectivity index (χ2v) is 8.63. The molecule has 1 N–H and O–H groups in total. The number of hydrogen-bond donors (Lipinski definition) is 1. The Balaban J connectivity index is 1.57. The Morgan fingerprint density at radius 3 is 2.77 bits per heavy atom. The molecule has 3 heterocycles. The number of nitrogens with one attached hydrogen (secondary N) is 1. The molecule has 0 saturated carbocycles. The van der Waals surface area contributed by atoms with E-state index < -0.39 is 10.0 Å². The number of aromatic nitrogens is 2. The first-order valence-electron chi connectivity index (χ1n) is 8.63. The summed E-state index contributed by atoms with van der Waals surface area (Å²) in [5.74, 6) is 0.781. The fourth-order valence-electron chi connectivity index (χ4n) is 3.39. The number of sulfonamides is 1. The van der Waals surface area contributed by atoms with Gasteiger partial charge < -0.3 is 4.42 Å². The van der Waals surface area contributed by atoms with Crippen LogP contribution in [-0.2, 0) is 10.0 Å². The Morgan fingerprint density at radius 1 is 1.15 bits per heavy atom. The van der Waals surface area contributed by atoms with Crippen LogP contribution in [0.5, 0.6) is 0 Å². The zero-order valence-electron chi connectivity index (χ0n) is 14.2. The number of fused-ring (bicyclic) bond motifs is 1. The second-order valence-electron chi connectivity index (χ2n) is 6.37. The van der Waals surface area contributed by atoms with E-state index in [-0.39, 0.29) is 17.5 Å². The summed E-state index contributed by atoms with van der Waals surface area (Å²) in [5.41, 5.74) is 1.01. The van der Waals surface area contributed by atoms with Crippen LogP contribution in [0.25, 0.3) is 11.0 Å². The summed E-state index contributed by atoms with van der Waals surface area (Å²) >= 11 is 1.01. The maximum atomic E-state index is 12.9. The van der Waals surface area contributed by atoms with Crippen LogP contribution in [0, 0.1) is 0 Å². The molecule has 9 heteroatoms. The lowest BCUT2D eigenvalue weighted by atomic mass is 10.1. The average Bonchev–Trinajstić information content (AvgIpc) is 3.34. The van der Waals surface area contributed by atoms with E-state index in [2.05, 4.69) is 18.4 Å². The van der Waals surface area contributed by atoms with Crippen LogP contribution in [0.4, 0.5) is 0 Å². The van der Waals surface area contributed by atoms with Gasteiger partial charge in [0.05, 0.1) is 24.0 Å². The highest BCUT2D eigenvalue weighted by Crippen LogP contribution is 2.26. The first-order valence-corrected chi connectivity index (χ1v) is 10.8. The average molecular weight is 393 g/mol. The highest BCUT2D eigenvalue weighted by Gasteiger charge is 2.27. The van der Waals surface area contributed by atoms with Crippen LogP contribution in [0.3, 0.4) is 0 Å². The molecule has 26 heavy (non-hydrogen) atoms. The highest BCUT2D eigenvalue weighted by molar-refractivity contribution is 7.89. The fraction of sp³-hybridized carbons (Fsp3) is 0.412. The molecular weight excluding hydrogens is 372 g/mol. The third-order valence-electron chi connectivity index (χ3n) is 4.71. The zero-order valence-corrected chi connectivity index (χ0v) is 15.8. The normalized spacial score (nSPS) is 17.5. The van der Waals surface area contributed by atoms with E-state index in [1.807, 2.05) is 12.1 Å². The van der Waals surface area contributed by atoms with Crippen LogP contribution in [0.15, 0.2) is 45.9 Å². The van der Waals surface area contributed by atoms with Gasteiger partial charge in [-0.3, -0.25) is 4.90 Å². The minimum atomic E-state index is -3.70. The highest BCUT2D eigenvalue weighted by atomic mass is 32.2. The van der Waals surface area contributed by atoms with Gasteiger partial charge in [-0.1, -0.05) is 12.5 Å². The van der Waals surface area contributed by atoms with Crippen LogP contribution in [-0.4, -0.2) is 41.7 Å². The topological polar surface area (TPSA) is 88.3 Å². The molecule has 3 aromatic rings. The summed E-state index contributed by atoms with van der Waals surface area (Å²) in [6, 6.07) is 8.63. The zero-order chi connectivity index (χ0) is 18.0. The predicted molar refractivity (Wildman–Crippen MR) is 99.5 cm³/mol. The minimum Gasteiger partial charge on any atom is -0.468 e. The molecule has 1 aromatic carbocycles. The van der Waals surface area contributed by atoms with E-state index in [1.54, 1.807) is 24.5 Å². The minimum absolute atomic E-state index is 0.118. The van der Waals surface area contributed by atoms with Gasteiger partial charge in [-0.25, -0.2) is 13.1 Å². The SMILES string of the molecule is O=S(=O)(NCC(c1ccco1)N1CCCCC1)c1cccc2nsnc12. The maximum absolute atomic E-state index is 12.9. The number of likely N-dealkylation sites (tertiary alicyclic amines) is 1. The van der Waals surface area contributed by atoms with Crippen molar-refractivity contribution in [2.45, 2.75) is 30.2 Å². The molecule has 1 atom stereocenters. The van der Waals surface area contributed by atoms with E-state index in [0.29, 0.717) is 11.0 Å². The maximum Gasteiger partial charge on any atom is 0.242 e. The summed E-state index contributed by atoms with van der Waals surface area (Å²) in [5, 5.41) is 0. The molecule has 0 amide bonds. The van der Waals surface area contributed by atoms with Gasteiger partial charge in [0.1, 0.15) is 21.7 Å². The van der Waals surface area contributed by atoms with Gasteiger partial charge in [-0.2, -0.15) is 8.75 Å². The van der Waals surface area contributed by atoms with E-state index in [9.17, 15) is 8.42 Å². The Hall–Kier alpha value is -1.81. The second kappa shape index (κ2) is 7.43. The molecule has 2 aromatic heterocycles. The Labute approximate surface area is 156 Å². The molecule has 1 unspecified atom stereocenters. The van der Waals surface area contributed by atoms with Crippen LogP contribution < -0.4 is 4.72 Å². The van der Waals surface area contributed by atoms with Crippen molar-refractivity contribution >= 4 is 32.8 Å². The van der Waals surface area contributed by atoms with Gasteiger partial charge in [-0.15, -0.1) is 0 Å². The molecule has 138 valence electrons.